The first-order valence-corrected chi connectivity index (χ1v) is 11.3. The Hall–Kier alpha value is -3.11. The van der Waals surface area contributed by atoms with Crippen molar-refractivity contribution < 1.29 is 24.1 Å². The fourth-order valence-corrected chi connectivity index (χ4v) is 3.30. The van der Waals surface area contributed by atoms with Crippen LogP contribution >= 0.6 is 12.4 Å². The highest BCUT2D eigenvalue weighted by atomic mass is 35.5. The second-order valence-electron chi connectivity index (χ2n) is 9.15. The molecule has 0 radical (unpaired) electrons. The Kier molecular flexibility index (Phi) is 9.28. The van der Waals surface area contributed by atoms with Gasteiger partial charge < -0.3 is 19.3 Å². The second kappa shape index (κ2) is 11.5. The quantitative estimate of drug-likeness (QED) is 0.404. The highest BCUT2D eigenvalue weighted by molar-refractivity contribution is 5.96. The van der Waals surface area contributed by atoms with Crippen molar-refractivity contribution >= 4 is 23.8 Å². The molecule has 0 saturated heterocycles. The molecule has 3 aromatic rings. The van der Waals surface area contributed by atoms with Gasteiger partial charge in [-0.1, -0.05) is 20.8 Å². The minimum absolute atomic E-state index is 0. The first-order chi connectivity index (χ1) is 16.0. The third kappa shape index (κ3) is 6.73. The van der Waals surface area contributed by atoms with E-state index in [1.165, 1.54) is 9.20 Å². The maximum atomic E-state index is 13.2. The first-order valence-electron chi connectivity index (χ1n) is 11.3. The number of nitrogens with one attached hydrogen (secondary N) is 1. The zero-order valence-corrected chi connectivity index (χ0v) is 21.8. The van der Waals surface area contributed by atoms with E-state index in [0.717, 1.165) is 5.56 Å². The molecule has 0 spiro atoms. The monoisotopic (exact) mass is 507 g/mol. The third-order valence-corrected chi connectivity index (χ3v) is 4.94. The summed E-state index contributed by atoms with van der Waals surface area (Å²) in [7, 11) is 0. The average molecular weight is 508 g/mol. The molecular formula is C24H34ClN5O5. The molecule has 0 fully saturated rings. The minimum Gasteiger partial charge on any atom is -0.491 e. The van der Waals surface area contributed by atoms with Gasteiger partial charge in [0, 0.05) is 11.6 Å². The summed E-state index contributed by atoms with van der Waals surface area (Å²) < 4.78 is 19.5. The van der Waals surface area contributed by atoms with E-state index in [4.69, 9.17) is 24.7 Å². The maximum Gasteiger partial charge on any atom is 0.242 e. The lowest BCUT2D eigenvalue weighted by Crippen LogP contribution is -2.26. The molecule has 0 unspecified atom stereocenters. The second-order valence-corrected chi connectivity index (χ2v) is 9.15. The number of halogens is 1. The van der Waals surface area contributed by atoms with Gasteiger partial charge in [-0.05, 0) is 49.9 Å². The standard InChI is InChI=1S/C24H33N5O5.ClH/c1-7-32-21-13-20(34-15(2)3)22-27-28(23(25)29(22)26-21)14-19(31)16-10-17(24(4,5)6)12-18(11-16)33-9-8-30;/h10-13,15,25,30H,7-9,14H2,1-6H3;1H. The third-order valence-electron chi connectivity index (χ3n) is 4.94. The Morgan fingerprint density at radius 2 is 1.86 bits per heavy atom. The van der Waals surface area contributed by atoms with Crippen molar-refractivity contribution in [1.29, 1.82) is 5.41 Å². The van der Waals surface area contributed by atoms with E-state index in [1.807, 2.05) is 53.7 Å². The molecule has 2 heterocycles. The Labute approximate surface area is 210 Å². The molecule has 0 aliphatic heterocycles. The van der Waals surface area contributed by atoms with Crippen molar-refractivity contribution in [1.82, 2.24) is 19.4 Å². The van der Waals surface area contributed by atoms with Gasteiger partial charge >= 0.3 is 0 Å². The van der Waals surface area contributed by atoms with Gasteiger partial charge in [0.15, 0.2) is 11.5 Å². The van der Waals surface area contributed by atoms with E-state index in [-0.39, 0.29) is 55.1 Å². The molecule has 0 atom stereocenters. The van der Waals surface area contributed by atoms with Crippen LogP contribution in [0, 0.1) is 5.41 Å². The molecule has 35 heavy (non-hydrogen) atoms. The molecule has 0 aliphatic rings. The molecule has 10 nitrogen and oxygen atoms in total. The number of carbonyl (C=O) groups excluding carboxylic acids is 1. The van der Waals surface area contributed by atoms with Gasteiger partial charge in [0.25, 0.3) is 0 Å². The predicted molar refractivity (Wildman–Crippen MR) is 133 cm³/mol. The summed E-state index contributed by atoms with van der Waals surface area (Å²) >= 11 is 0. The first kappa shape index (κ1) is 28.1. The number of nitrogens with zero attached hydrogens (tertiary/aromatic N) is 4. The van der Waals surface area contributed by atoms with Crippen molar-refractivity contribution in [2.75, 3.05) is 19.8 Å². The lowest BCUT2D eigenvalue weighted by Gasteiger charge is -2.21. The summed E-state index contributed by atoms with van der Waals surface area (Å²) in [6, 6.07) is 6.98. The SMILES string of the molecule is CCOc1cc(OC(C)C)c2nn(CC(=O)c3cc(OCCO)cc(C(C)(C)C)c3)c(=N)n2n1.Cl. The Morgan fingerprint density at radius 1 is 1.14 bits per heavy atom. The molecule has 0 saturated carbocycles. The fraction of sp³-hybridized carbons (Fsp3) is 0.500. The van der Waals surface area contributed by atoms with Gasteiger partial charge in [-0.15, -0.1) is 22.6 Å². The summed E-state index contributed by atoms with van der Waals surface area (Å²) in [4.78, 5) is 13.2. The summed E-state index contributed by atoms with van der Waals surface area (Å²) in [5, 5.41) is 26.4. The van der Waals surface area contributed by atoms with E-state index >= 15 is 0 Å². The van der Waals surface area contributed by atoms with Crippen molar-refractivity contribution in [3.63, 3.8) is 0 Å². The van der Waals surface area contributed by atoms with Crippen LogP contribution in [0.2, 0.25) is 0 Å². The van der Waals surface area contributed by atoms with Gasteiger partial charge in [-0.2, -0.15) is 4.52 Å². The van der Waals surface area contributed by atoms with Crippen LogP contribution in [0.4, 0.5) is 0 Å². The predicted octanol–water partition coefficient (Wildman–Crippen LogP) is 3.17. The van der Waals surface area contributed by atoms with E-state index in [2.05, 4.69) is 10.2 Å². The number of hydrogen-bond donors (Lipinski definition) is 2. The van der Waals surface area contributed by atoms with Gasteiger partial charge in [0.05, 0.1) is 19.3 Å². The van der Waals surface area contributed by atoms with Crippen LogP contribution in [0.1, 0.15) is 57.5 Å². The molecule has 3 rings (SSSR count). The molecular weight excluding hydrogens is 474 g/mol. The fourth-order valence-electron chi connectivity index (χ4n) is 3.30. The minimum atomic E-state index is -0.238. The molecule has 0 bridgehead atoms. The normalized spacial score (nSPS) is 11.4. The number of fused-ring (bicyclic) bond motifs is 1. The van der Waals surface area contributed by atoms with Crippen LogP contribution in [0.15, 0.2) is 24.3 Å². The lowest BCUT2D eigenvalue weighted by atomic mass is 9.85. The van der Waals surface area contributed by atoms with Crippen LogP contribution in [0.3, 0.4) is 0 Å². The van der Waals surface area contributed by atoms with Gasteiger partial charge in [-0.3, -0.25) is 10.2 Å². The zero-order valence-electron chi connectivity index (χ0n) is 21.0. The number of ether oxygens (including phenoxy) is 3. The van der Waals surface area contributed by atoms with E-state index in [0.29, 0.717) is 35.2 Å². The Balaban J connectivity index is 0.00000432. The number of aliphatic hydroxyl groups excluding tert-OH is 1. The Morgan fingerprint density at radius 3 is 2.46 bits per heavy atom. The molecule has 11 heteroatoms. The van der Waals surface area contributed by atoms with Gasteiger partial charge in [-0.25, -0.2) is 4.68 Å². The summed E-state index contributed by atoms with van der Waals surface area (Å²) in [6.45, 7) is 12.0. The van der Waals surface area contributed by atoms with E-state index < -0.39 is 0 Å². The summed E-state index contributed by atoms with van der Waals surface area (Å²) in [5.41, 5.74) is 1.39. The highest BCUT2D eigenvalue weighted by Crippen LogP contribution is 2.28. The largest absolute Gasteiger partial charge is 0.491 e. The van der Waals surface area contributed by atoms with E-state index in [1.54, 1.807) is 12.1 Å². The number of hydrogen-bond acceptors (Lipinski definition) is 8. The smallest absolute Gasteiger partial charge is 0.242 e. The van der Waals surface area contributed by atoms with Crippen LogP contribution in [0.5, 0.6) is 17.4 Å². The number of rotatable bonds is 10. The number of benzene rings is 1. The number of carbonyl (C=O) groups is 1. The molecule has 0 aliphatic carbocycles. The number of aliphatic hydroxyl groups is 1. The molecule has 2 N–H and O–H groups in total. The van der Waals surface area contributed by atoms with E-state index in [9.17, 15) is 4.79 Å². The zero-order chi connectivity index (χ0) is 25.0. The van der Waals surface area contributed by atoms with Crippen LogP contribution < -0.4 is 19.8 Å². The van der Waals surface area contributed by atoms with Gasteiger partial charge in [0.2, 0.25) is 17.1 Å². The average Bonchev–Trinajstić information content (AvgIpc) is 3.07. The summed E-state index contributed by atoms with van der Waals surface area (Å²) in [6.07, 6.45) is -0.126. The molecule has 1 aromatic carbocycles. The van der Waals surface area contributed by atoms with Gasteiger partial charge in [0.1, 0.15) is 18.9 Å². The van der Waals surface area contributed by atoms with Crippen molar-refractivity contribution in [3.05, 3.63) is 41.0 Å². The summed E-state index contributed by atoms with van der Waals surface area (Å²) in [5.74, 6) is 0.992. The number of aromatic nitrogens is 4. The highest BCUT2D eigenvalue weighted by Gasteiger charge is 2.21. The van der Waals surface area contributed by atoms with Crippen LogP contribution in [0.25, 0.3) is 5.65 Å². The van der Waals surface area contributed by atoms with Crippen molar-refractivity contribution in [2.24, 2.45) is 0 Å². The molecule has 0 amide bonds. The maximum absolute atomic E-state index is 13.2. The van der Waals surface area contributed by atoms with Crippen LogP contribution in [-0.2, 0) is 12.0 Å². The molecule has 2 aromatic heterocycles. The number of Topliss-reactive ketones (excluding diaryl/α,β-unsaturated/α-hetero) is 1. The molecule has 192 valence electrons. The van der Waals surface area contributed by atoms with Crippen LogP contribution in [-0.4, -0.2) is 56.2 Å². The topological polar surface area (TPSA) is 124 Å². The lowest BCUT2D eigenvalue weighted by molar-refractivity contribution is 0.0964. The Bertz CT molecular complexity index is 1230. The number of ketones is 1. The van der Waals surface area contributed by atoms with Crippen molar-refractivity contribution in [2.45, 2.75) is 59.6 Å². The van der Waals surface area contributed by atoms with Crippen molar-refractivity contribution in [3.8, 4) is 17.4 Å².